The molecule has 32 heavy (non-hydrogen) atoms. The van der Waals surface area contributed by atoms with Crippen LogP contribution in [0.4, 0.5) is 5.69 Å². The number of amides is 1. The summed E-state index contributed by atoms with van der Waals surface area (Å²) in [4.78, 5) is 12.9. The second-order valence-corrected chi connectivity index (χ2v) is 9.60. The SMILES string of the molecule is CCOc1ccc(Cl)cc1S(=O)(=O)N1CCC(C(=O)Nc2cc(OC)ccc2OC)CC1. The first-order valence-electron chi connectivity index (χ1n) is 10.3. The van der Waals surface area contributed by atoms with Crippen molar-refractivity contribution in [2.75, 3.05) is 39.2 Å². The Balaban J connectivity index is 1.70. The minimum Gasteiger partial charge on any atom is -0.497 e. The smallest absolute Gasteiger partial charge is 0.246 e. The van der Waals surface area contributed by atoms with Crippen molar-refractivity contribution in [1.82, 2.24) is 4.31 Å². The summed E-state index contributed by atoms with van der Waals surface area (Å²) in [5.41, 5.74) is 0.507. The van der Waals surface area contributed by atoms with Crippen molar-refractivity contribution in [2.45, 2.75) is 24.7 Å². The average Bonchev–Trinajstić information content (AvgIpc) is 2.80. The number of benzene rings is 2. The first kappa shape index (κ1) is 24.2. The van der Waals surface area contributed by atoms with Crippen molar-refractivity contribution in [3.8, 4) is 17.2 Å². The lowest BCUT2D eigenvalue weighted by Crippen LogP contribution is -2.41. The third-order valence-corrected chi connectivity index (χ3v) is 7.47. The third-order valence-electron chi connectivity index (χ3n) is 5.31. The summed E-state index contributed by atoms with van der Waals surface area (Å²) in [5.74, 6) is 0.855. The van der Waals surface area contributed by atoms with Crippen LogP contribution in [0.1, 0.15) is 19.8 Å². The summed E-state index contributed by atoms with van der Waals surface area (Å²) >= 11 is 6.04. The number of anilines is 1. The van der Waals surface area contributed by atoms with Crippen molar-refractivity contribution in [3.63, 3.8) is 0 Å². The van der Waals surface area contributed by atoms with Crippen molar-refractivity contribution in [1.29, 1.82) is 0 Å². The summed E-state index contributed by atoms with van der Waals surface area (Å²) < 4.78 is 43.8. The minimum absolute atomic E-state index is 0.0378. The number of rotatable bonds is 8. The number of piperidine rings is 1. The van der Waals surface area contributed by atoms with Crippen molar-refractivity contribution in [2.24, 2.45) is 5.92 Å². The molecule has 0 atom stereocenters. The molecule has 1 aliphatic heterocycles. The van der Waals surface area contributed by atoms with E-state index in [1.54, 1.807) is 44.4 Å². The van der Waals surface area contributed by atoms with Gasteiger partial charge < -0.3 is 19.5 Å². The van der Waals surface area contributed by atoms with Gasteiger partial charge in [0.1, 0.15) is 22.1 Å². The number of halogens is 1. The lowest BCUT2D eigenvalue weighted by atomic mass is 9.97. The molecule has 0 radical (unpaired) electrons. The number of hydrogen-bond acceptors (Lipinski definition) is 6. The molecule has 1 fully saturated rings. The molecular formula is C22H27ClN2O6S. The van der Waals surface area contributed by atoms with E-state index in [0.29, 0.717) is 41.7 Å². The van der Waals surface area contributed by atoms with E-state index < -0.39 is 10.0 Å². The van der Waals surface area contributed by atoms with Gasteiger partial charge in [0.05, 0.1) is 26.5 Å². The molecule has 174 valence electrons. The van der Waals surface area contributed by atoms with Crippen LogP contribution >= 0.6 is 11.6 Å². The zero-order valence-electron chi connectivity index (χ0n) is 18.3. The van der Waals surface area contributed by atoms with Gasteiger partial charge in [0, 0.05) is 30.1 Å². The van der Waals surface area contributed by atoms with Crippen LogP contribution in [0, 0.1) is 5.92 Å². The fraction of sp³-hybridized carbons (Fsp3) is 0.409. The summed E-state index contributed by atoms with van der Waals surface area (Å²) in [5, 5.41) is 3.19. The van der Waals surface area contributed by atoms with E-state index in [1.807, 2.05) is 0 Å². The molecule has 2 aromatic rings. The second-order valence-electron chi connectivity index (χ2n) is 7.26. The number of ether oxygens (including phenoxy) is 3. The Hall–Kier alpha value is -2.49. The van der Waals surface area contributed by atoms with Crippen LogP contribution in [0.25, 0.3) is 0 Å². The fourth-order valence-corrected chi connectivity index (χ4v) is 5.47. The highest BCUT2D eigenvalue weighted by atomic mass is 35.5. The Morgan fingerprint density at radius 3 is 2.41 bits per heavy atom. The maximum absolute atomic E-state index is 13.2. The molecule has 10 heteroatoms. The largest absolute Gasteiger partial charge is 0.497 e. The molecule has 8 nitrogen and oxygen atoms in total. The highest BCUT2D eigenvalue weighted by Crippen LogP contribution is 2.33. The topological polar surface area (TPSA) is 94.2 Å². The van der Waals surface area contributed by atoms with Crippen molar-refractivity contribution >= 4 is 33.2 Å². The molecule has 0 aromatic heterocycles. The quantitative estimate of drug-likeness (QED) is 0.615. The molecule has 2 aromatic carbocycles. The molecule has 1 N–H and O–H groups in total. The number of nitrogens with one attached hydrogen (secondary N) is 1. The Bertz CT molecular complexity index is 1070. The molecule has 1 saturated heterocycles. The normalized spacial score (nSPS) is 15.2. The molecule has 0 spiro atoms. The Labute approximate surface area is 193 Å². The molecule has 0 unspecified atom stereocenters. The lowest BCUT2D eigenvalue weighted by molar-refractivity contribution is -0.120. The van der Waals surface area contributed by atoms with Gasteiger partial charge in [-0.15, -0.1) is 0 Å². The highest BCUT2D eigenvalue weighted by Gasteiger charge is 2.34. The van der Waals surface area contributed by atoms with E-state index in [9.17, 15) is 13.2 Å². The maximum atomic E-state index is 13.2. The van der Waals surface area contributed by atoms with Gasteiger partial charge in [-0.1, -0.05) is 11.6 Å². The van der Waals surface area contributed by atoms with E-state index in [2.05, 4.69) is 5.32 Å². The molecule has 3 rings (SSSR count). The monoisotopic (exact) mass is 482 g/mol. The fourth-order valence-electron chi connectivity index (χ4n) is 3.60. The van der Waals surface area contributed by atoms with E-state index >= 15 is 0 Å². The van der Waals surface area contributed by atoms with Crippen molar-refractivity contribution < 1.29 is 27.4 Å². The Kier molecular flexibility index (Phi) is 7.86. The lowest BCUT2D eigenvalue weighted by Gasteiger charge is -2.31. The highest BCUT2D eigenvalue weighted by molar-refractivity contribution is 7.89. The van der Waals surface area contributed by atoms with E-state index in [-0.39, 0.29) is 35.6 Å². The van der Waals surface area contributed by atoms with Gasteiger partial charge in [0.15, 0.2) is 0 Å². The van der Waals surface area contributed by atoms with Gasteiger partial charge >= 0.3 is 0 Å². The average molecular weight is 483 g/mol. The van der Waals surface area contributed by atoms with Crippen LogP contribution in [0.3, 0.4) is 0 Å². The molecule has 1 aliphatic rings. The van der Waals surface area contributed by atoms with Crippen molar-refractivity contribution in [3.05, 3.63) is 41.4 Å². The summed E-state index contributed by atoms with van der Waals surface area (Å²) in [6, 6.07) is 9.69. The number of carbonyl (C=O) groups is 1. The molecule has 0 bridgehead atoms. The van der Waals surface area contributed by atoms with E-state index in [0.717, 1.165) is 0 Å². The molecule has 0 aliphatic carbocycles. The minimum atomic E-state index is -3.81. The Morgan fingerprint density at radius 1 is 1.09 bits per heavy atom. The third kappa shape index (κ3) is 5.28. The van der Waals surface area contributed by atoms with Gasteiger partial charge in [0.25, 0.3) is 0 Å². The maximum Gasteiger partial charge on any atom is 0.246 e. The summed E-state index contributed by atoms with van der Waals surface area (Å²) in [6.45, 7) is 2.55. The number of nitrogens with zero attached hydrogens (tertiary/aromatic N) is 1. The zero-order valence-corrected chi connectivity index (χ0v) is 19.8. The molecule has 0 saturated carbocycles. The number of hydrogen-bond donors (Lipinski definition) is 1. The second kappa shape index (κ2) is 10.4. The summed E-state index contributed by atoms with van der Waals surface area (Å²) in [7, 11) is -0.746. The summed E-state index contributed by atoms with van der Waals surface area (Å²) in [6.07, 6.45) is 0.782. The van der Waals surface area contributed by atoms with Gasteiger partial charge in [-0.05, 0) is 50.1 Å². The Morgan fingerprint density at radius 2 is 1.78 bits per heavy atom. The first-order valence-corrected chi connectivity index (χ1v) is 12.1. The van der Waals surface area contributed by atoms with Crippen LogP contribution in [0.15, 0.2) is 41.3 Å². The first-order chi connectivity index (χ1) is 15.3. The van der Waals surface area contributed by atoms with Gasteiger partial charge in [-0.25, -0.2) is 8.42 Å². The van der Waals surface area contributed by atoms with Crippen LogP contribution in [0.2, 0.25) is 5.02 Å². The van der Waals surface area contributed by atoms with Crippen LogP contribution in [-0.4, -0.2) is 52.5 Å². The van der Waals surface area contributed by atoms with Gasteiger partial charge in [0.2, 0.25) is 15.9 Å². The predicted molar refractivity (Wildman–Crippen MR) is 122 cm³/mol. The van der Waals surface area contributed by atoms with Gasteiger partial charge in [-0.3, -0.25) is 4.79 Å². The number of sulfonamides is 1. The van der Waals surface area contributed by atoms with Crippen LogP contribution in [-0.2, 0) is 14.8 Å². The molecule has 1 amide bonds. The number of carbonyl (C=O) groups excluding carboxylic acids is 1. The molecular weight excluding hydrogens is 456 g/mol. The predicted octanol–water partition coefficient (Wildman–Crippen LogP) is 3.80. The zero-order chi connectivity index (χ0) is 23.3. The molecule has 1 heterocycles. The van der Waals surface area contributed by atoms with E-state index in [1.165, 1.54) is 17.5 Å². The number of methoxy groups -OCH3 is 2. The van der Waals surface area contributed by atoms with Crippen LogP contribution in [0.5, 0.6) is 17.2 Å². The van der Waals surface area contributed by atoms with Crippen LogP contribution < -0.4 is 19.5 Å². The van der Waals surface area contributed by atoms with E-state index in [4.69, 9.17) is 25.8 Å². The van der Waals surface area contributed by atoms with Gasteiger partial charge in [-0.2, -0.15) is 4.31 Å². The standard InChI is InChI=1S/C22H27ClN2O6S/c1-4-31-20-7-5-16(23)13-21(20)32(27,28)25-11-9-15(10-12-25)22(26)24-18-14-17(29-2)6-8-19(18)30-3/h5-8,13-15H,4,9-12H2,1-3H3,(H,24,26).